The molecule has 2 heterocycles. The monoisotopic (exact) mass is 451 g/mol. The summed E-state index contributed by atoms with van der Waals surface area (Å²) in [6.07, 6.45) is 2.65. The van der Waals surface area contributed by atoms with Crippen LogP contribution in [0.5, 0.6) is 11.6 Å². The van der Waals surface area contributed by atoms with Crippen molar-refractivity contribution >= 4 is 34.1 Å². The van der Waals surface area contributed by atoms with E-state index in [0.29, 0.717) is 55.5 Å². The molecule has 0 N–H and O–H groups in total. The number of aromatic nitrogens is 1. The molecule has 0 bridgehead atoms. The lowest BCUT2D eigenvalue weighted by Gasteiger charge is -2.20. The van der Waals surface area contributed by atoms with E-state index < -0.39 is 5.92 Å². The molecule has 5 nitrogen and oxygen atoms in total. The quantitative estimate of drug-likeness (QED) is 0.451. The van der Waals surface area contributed by atoms with Crippen molar-refractivity contribution in [3.05, 3.63) is 64.7 Å². The van der Waals surface area contributed by atoms with E-state index in [0.717, 1.165) is 28.5 Å². The fourth-order valence-electron chi connectivity index (χ4n) is 4.10. The second-order valence-electron chi connectivity index (χ2n) is 7.99. The molecule has 0 unspecified atom stereocenters. The van der Waals surface area contributed by atoms with Crippen LogP contribution in [0.2, 0.25) is 5.02 Å². The van der Waals surface area contributed by atoms with Crippen LogP contribution in [0.25, 0.3) is 10.9 Å². The largest absolute Gasteiger partial charge is 0.439 e. The van der Waals surface area contributed by atoms with E-state index in [4.69, 9.17) is 21.1 Å². The number of aryl methyl sites for hydroxylation is 1. The van der Waals surface area contributed by atoms with Crippen molar-refractivity contribution in [3.8, 4) is 11.6 Å². The maximum Gasteiger partial charge on any atom is 0.219 e. The maximum absolute atomic E-state index is 13.0. The van der Waals surface area contributed by atoms with Crippen molar-refractivity contribution in [1.29, 1.82) is 0 Å². The van der Waals surface area contributed by atoms with Crippen LogP contribution in [0, 0.1) is 0 Å². The minimum atomic E-state index is -0.752. The molecule has 32 heavy (non-hydrogen) atoms. The van der Waals surface area contributed by atoms with Crippen LogP contribution in [0.4, 0.5) is 0 Å². The lowest BCUT2D eigenvalue weighted by Crippen LogP contribution is -2.25. The number of rotatable bonds is 4. The molecule has 0 aliphatic carbocycles. The SMILES string of the molecule is CCc1ccc(Oc2ccc3cc(Cl)ccc3n2)cc1C1C(=O)CCCOCCCC1=O. The highest BCUT2D eigenvalue weighted by molar-refractivity contribution is 6.31. The lowest BCUT2D eigenvalue weighted by atomic mass is 9.83. The van der Waals surface area contributed by atoms with Crippen molar-refractivity contribution in [3.63, 3.8) is 0 Å². The maximum atomic E-state index is 13.0. The molecule has 0 saturated carbocycles. The van der Waals surface area contributed by atoms with Gasteiger partial charge in [0.25, 0.3) is 0 Å². The van der Waals surface area contributed by atoms with Crippen LogP contribution in [-0.4, -0.2) is 29.8 Å². The summed E-state index contributed by atoms with van der Waals surface area (Å²) in [5, 5.41) is 1.58. The summed E-state index contributed by atoms with van der Waals surface area (Å²) >= 11 is 6.05. The molecule has 3 aromatic rings. The Labute approximate surface area is 192 Å². The van der Waals surface area contributed by atoms with Gasteiger partial charge in [-0.25, -0.2) is 4.98 Å². The summed E-state index contributed by atoms with van der Waals surface area (Å²) in [5.74, 6) is 0.147. The first-order valence-electron chi connectivity index (χ1n) is 11.1. The summed E-state index contributed by atoms with van der Waals surface area (Å²) < 4.78 is 11.5. The van der Waals surface area contributed by atoms with E-state index >= 15 is 0 Å². The van der Waals surface area contributed by atoms with Crippen molar-refractivity contribution in [1.82, 2.24) is 4.98 Å². The molecule has 1 aliphatic rings. The van der Waals surface area contributed by atoms with Gasteiger partial charge in [0, 0.05) is 42.5 Å². The van der Waals surface area contributed by atoms with Crippen LogP contribution >= 0.6 is 11.6 Å². The molecule has 0 radical (unpaired) electrons. The van der Waals surface area contributed by atoms with Crippen molar-refractivity contribution in [2.45, 2.75) is 44.9 Å². The van der Waals surface area contributed by atoms with Gasteiger partial charge < -0.3 is 9.47 Å². The smallest absolute Gasteiger partial charge is 0.219 e. The number of halogens is 1. The number of carbonyl (C=O) groups excluding carboxylic acids is 2. The van der Waals surface area contributed by atoms with Crippen LogP contribution in [0.15, 0.2) is 48.5 Å². The van der Waals surface area contributed by atoms with Gasteiger partial charge in [0.1, 0.15) is 23.2 Å². The number of ether oxygens (including phenoxy) is 2. The zero-order valence-corrected chi connectivity index (χ0v) is 18.9. The number of hydrogen-bond donors (Lipinski definition) is 0. The topological polar surface area (TPSA) is 65.5 Å². The summed E-state index contributed by atoms with van der Waals surface area (Å²) in [7, 11) is 0. The Morgan fingerprint density at radius 3 is 2.47 bits per heavy atom. The minimum Gasteiger partial charge on any atom is -0.439 e. The molecule has 1 aliphatic heterocycles. The molecule has 1 fully saturated rings. The Balaban J connectivity index is 1.66. The third kappa shape index (κ3) is 5.17. The van der Waals surface area contributed by atoms with E-state index in [1.807, 2.05) is 43.3 Å². The van der Waals surface area contributed by atoms with E-state index in [1.165, 1.54) is 0 Å². The number of carbonyl (C=O) groups is 2. The Morgan fingerprint density at radius 1 is 1.00 bits per heavy atom. The Bertz CT molecular complexity index is 1120. The highest BCUT2D eigenvalue weighted by Gasteiger charge is 2.30. The summed E-state index contributed by atoms with van der Waals surface area (Å²) in [5.41, 5.74) is 2.50. The van der Waals surface area contributed by atoms with Crippen LogP contribution in [0.3, 0.4) is 0 Å². The number of benzene rings is 2. The number of Topliss-reactive ketones (excluding diaryl/α,β-unsaturated/α-hetero) is 2. The molecular formula is C26H26ClNO4. The van der Waals surface area contributed by atoms with Crippen molar-refractivity contribution in [2.75, 3.05) is 13.2 Å². The summed E-state index contributed by atoms with van der Waals surface area (Å²) in [6, 6.07) is 14.8. The van der Waals surface area contributed by atoms with E-state index in [-0.39, 0.29) is 11.6 Å². The number of fused-ring (bicyclic) bond motifs is 1. The van der Waals surface area contributed by atoms with E-state index in [2.05, 4.69) is 4.98 Å². The van der Waals surface area contributed by atoms with Crippen molar-refractivity contribution in [2.24, 2.45) is 0 Å². The molecule has 4 rings (SSSR count). The zero-order valence-electron chi connectivity index (χ0n) is 18.1. The Hall–Kier alpha value is -2.76. The first-order chi connectivity index (χ1) is 15.5. The molecule has 1 aromatic heterocycles. The highest BCUT2D eigenvalue weighted by atomic mass is 35.5. The van der Waals surface area contributed by atoms with Gasteiger partial charge in [0.2, 0.25) is 5.88 Å². The average Bonchev–Trinajstić information content (AvgIpc) is 2.79. The molecule has 2 aromatic carbocycles. The zero-order chi connectivity index (χ0) is 22.5. The first-order valence-corrected chi connectivity index (χ1v) is 11.4. The molecule has 0 amide bonds. The second-order valence-corrected chi connectivity index (χ2v) is 8.42. The molecule has 1 saturated heterocycles. The first kappa shape index (κ1) is 22.4. The molecule has 0 atom stereocenters. The van der Waals surface area contributed by atoms with Gasteiger partial charge in [-0.1, -0.05) is 24.6 Å². The van der Waals surface area contributed by atoms with E-state index in [9.17, 15) is 9.59 Å². The number of pyridine rings is 1. The standard InChI is InChI=1S/C26H26ClNO4/c1-2-17-7-10-20(32-25-12-8-18-15-19(27)9-11-22(18)28-25)16-21(17)26-23(29)5-3-13-31-14-4-6-24(26)30/h7-12,15-16,26H,2-6,13-14H2,1H3. The predicted molar refractivity (Wildman–Crippen MR) is 125 cm³/mol. The molecule has 0 spiro atoms. The third-order valence-electron chi connectivity index (χ3n) is 5.73. The fourth-order valence-corrected chi connectivity index (χ4v) is 4.28. The van der Waals surface area contributed by atoms with Gasteiger partial charge in [-0.15, -0.1) is 0 Å². The number of nitrogens with zero attached hydrogens (tertiary/aromatic N) is 1. The van der Waals surface area contributed by atoms with Crippen molar-refractivity contribution < 1.29 is 19.1 Å². The minimum absolute atomic E-state index is 0.0481. The Kier molecular flexibility index (Phi) is 7.18. The molecule has 166 valence electrons. The summed E-state index contributed by atoms with van der Waals surface area (Å²) in [4.78, 5) is 30.6. The third-order valence-corrected chi connectivity index (χ3v) is 5.96. The summed E-state index contributed by atoms with van der Waals surface area (Å²) in [6.45, 7) is 3.13. The number of hydrogen-bond acceptors (Lipinski definition) is 5. The number of ketones is 2. The lowest BCUT2D eigenvalue weighted by molar-refractivity contribution is -0.130. The second kappa shape index (κ2) is 10.2. The van der Waals surface area contributed by atoms with Gasteiger partial charge in [-0.05, 0) is 66.8 Å². The highest BCUT2D eigenvalue weighted by Crippen LogP contribution is 2.32. The normalized spacial score (nSPS) is 16.3. The van der Waals surface area contributed by atoms with Gasteiger partial charge in [0.15, 0.2) is 0 Å². The van der Waals surface area contributed by atoms with Gasteiger partial charge in [-0.2, -0.15) is 0 Å². The Morgan fingerprint density at radius 2 is 1.75 bits per heavy atom. The molecular weight excluding hydrogens is 426 g/mol. The predicted octanol–water partition coefficient (Wildman–Crippen LogP) is 6.06. The molecule has 6 heteroatoms. The van der Waals surface area contributed by atoms with Gasteiger partial charge >= 0.3 is 0 Å². The van der Waals surface area contributed by atoms with Crippen LogP contribution < -0.4 is 4.74 Å². The fraction of sp³-hybridized carbons (Fsp3) is 0.346. The van der Waals surface area contributed by atoms with Gasteiger partial charge in [0.05, 0.1) is 5.52 Å². The van der Waals surface area contributed by atoms with Crippen LogP contribution in [-0.2, 0) is 20.7 Å². The van der Waals surface area contributed by atoms with Crippen LogP contribution in [0.1, 0.15) is 49.7 Å². The van der Waals surface area contributed by atoms with E-state index in [1.54, 1.807) is 12.1 Å². The van der Waals surface area contributed by atoms with Gasteiger partial charge in [-0.3, -0.25) is 9.59 Å². The average molecular weight is 452 g/mol.